The molecule has 1 aromatic heterocycles. The van der Waals surface area contributed by atoms with Crippen LogP contribution >= 0.6 is 11.6 Å². The number of halogens is 1. The number of aromatic nitrogens is 2. The van der Waals surface area contributed by atoms with Gasteiger partial charge in [0.05, 0.1) is 30.4 Å². The number of alkyl halides is 1. The van der Waals surface area contributed by atoms with Crippen LogP contribution in [-0.2, 0) is 19.0 Å². The number of rotatable bonds is 7. The van der Waals surface area contributed by atoms with Crippen molar-refractivity contribution < 1.29 is 4.74 Å². The molecule has 0 spiro atoms. The van der Waals surface area contributed by atoms with E-state index in [1.54, 1.807) is 0 Å². The van der Waals surface area contributed by atoms with E-state index in [4.69, 9.17) is 16.3 Å². The molecule has 4 nitrogen and oxygen atoms in total. The first-order chi connectivity index (χ1) is 10.2. The average Bonchev–Trinajstić information content (AvgIpc) is 2.86. The summed E-state index contributed by atoms with van der Waals surface area (Å²) in [5.41, 5.74) is 4.26. The standard InChI is InChI=1S/C16H22ClN3O/c1-4-20-15(8-12(3)19-20)11-18-14-6-7-16(21-5-2)13(9-14)10-17/h6-9,18H,4-5,10-11H2,1-3H3. The van der Waals surface area contributed by atoms with Gasteiger partial charge < -0.3 is 10.1 Å². The summed E-state index contributed by atoms with van der Waals surface area (Å²) >= 11 is 5.99. The molecule has 0 fully saturated rings. The second-order valence-corrected chi connectivity index (χ2v) is 5.10. The summed E-state index contributed by atoms with van der Waals surface area (Å²) in [5.74, 6) is 1.30. The van der Waals surface area contributed by atoms with Crippen molar-refractivity contribution in [2.75, 3.05) is 11.9 Å². The Kier molecular flexibility index (Phi) is 5.51. The molecule has 1 heterocycles. The topological polar surface area (TPSA) is 39.1 Å². The molecule has 0 atom stereocenters. The van der Waals surface area contributed by atoms with Gasteiger partial charge in [-0.15, -0.1) is 11.6 Å². The Hall–Kier alpha value is -1.68. The highest BCUT2D eigenvalue weighted by molar-refractivity contribution is 6.17. The fourth-order valence-corrected chi connectivity index (χ4v) is 2.51. The fraction of sp³-hybridized carbons (Fsp3) is 0.438. The van der Waals surface area contributed by atoms with Crippen molar-refractivity contribution in [2.24, 2.45) is 0 Å². The molecule has 0 saturated carbocycles. The molecule has 1 N–H and O–H groups in total. The monoisotopic (exact) mass is 307 g/mol. The summed E-state index contributed by atoms with van der Waals surface area (Å²) in [6.45, 7) is 8.34. The molecule has 2 rings (SSSR count). The summed E-state index contributed by atoms with van der Waals surface area (Å²) in [6.07, 6.45) is 0. The highest BCUT2D eigenvalue weighted by atomic mass is 35.5. The Labute approximate surface area is 131 Å². The van der Waals surface area contributed by atoms with Gasteiger partial charge in [0.2, 0.25) is 0 Å². The van der Waals surface area contributed by atoms with Crippen LogP contribution in [-0.4, -0.2) is 16.4 Å². The number of benzene rings is 1. The van der Waals surface area contributed by atoms with Gasteiger partial charge in [-0.3, -0.25) is 4.68 Å². The van der Waals surface area contributed by atoms with Crippen molar-refractivity contribution in [3.05, 3.63) is 41.2 Å². The predicted octanol–water partition coefficient (Wildman–Crippen LogP) is 3.96. The van der Waals surface area contributed by atoms with E-state index < -0.39 is 0 Å². The predicted molar refractivity (Wildman–Crippen MR) is 87.1 cm³/mol. The van der Waals surface area contributed by atoms with Crippen LogP contribution in [0.2, 0.25) is 0 Å². The maximum atomic E-state index is 5.99. The highest BCUT2D eigenvalue weighted by Gasteiger charge is 2.06. The number of nitrogens with one attached hydrogen (secondary N) is 1. The Balaban J connectivity index is 2.09. The molecule has 0 radical (unpaired) electrons. The maximum Gasteiger partial charge on any atom is 0.123 e. The molecular formula is C16H22ClN3O. The summed E-state index contributed by atoms with van der Waals surface area (Å²) in [5, 5.41) is 7.87. The van der Waals surface area contributed by atoms with E-state index in [0.29, 0.717) is 12.5 Å². The highest BCUT2D eigenvalue weighted by Crippen LogP contribution is 2.25. The number of anilines is 1. The minimum Gasteiger partial charge on any atom is -0.494 e. The van der Waals surface area contributed by atoms with Gasteiger partial charge in [0, 0.05) is 17.8 Å². The SMILES string of the molecule is CCOc1ccc(NCc2cc(C)nn2CC)cc1CCl. The summed E-state index contributed by atoms with van der Waals surface area (Å²) in [7, 11) is 0. The smallest absolute Gasteiger partial charge is 0.123 e. The molecule has 1 aromatic carbocycles. The van der Waals surface area contributed by atoms with Gasteiger partial charge in [0.25, 0.3) is 0 Å². The van der Waals surface area contributed by atoms with Gasteiger partial charge in [-0.1, -0.05) is 0 Å². The molecular weight excluding hydrogens is 286 g/mol. The van der Waals surface area contributed by atoms with E-state index >= 15 is 0 Å². The first kappa shape index (κ1) is 15.7. The van der Waals surface area contributed by atoms with Crippen molar-refractivity contribution in [3.8, 4) is 5.75 Å². The lowest BCUT2D eigenvalue weighted by Crippen LogP contribution is -2.08. The molecule has 0 unspecified atom stereocenters. The third-order valence-corrected chi connectivity index (χ3v) is 3.55. The Morgan fingerprint density at radius 3 is 2.76 bits per heavy atom. The van der Waals surface area contributed by atoms with Crippen LogP contribution in [0.3, 0.4) is 0 Å². The van der Waals surface area contributed by atoms with Crippen LogP contribution in [0.1, 0.15) is 30.8 Å². The van der Waals surface area contributed by atoms with E-state index in [9.17, 15) is 0 Å². The van der Waals surface area contributed by atoms with Gasteiger partial charge in [-0.05, 0) is 45.0 Å². The minimum absolute atomic E-state index is 0.441. The van der Waals surface area contributed by atoms with E-state index in [1.807, 2.05) is 36.7 Å². The zero-order valence-corrected chi connectivity index (χ0v) is 13.6. The van der Waals surface area contributed by atoms with Crippen LogP contribution in [0, 0.1) is 6.92 Å². The third-order valence-electron chi connectivity index (χ3n) is 3.26. The summed E-state index contributed by atoms with van der Waals surface area (Å²) in [6, 6.07) is 8.12. The van der Waals surface area contributed by atoms with Gasteiger partial charge >= 0.3 is 0 Å². The number of hydrogen-bond acceptors (Lipinski definition) is 3. The fourth-order valence-electron chi connectivity index (χ4n) is 2.30. The lowest BCUT2D eigenvalue weighted by molar-refractivity contribution is 0.337. The lowest BCUT2D eigenvalue weighted by Gasteiger charge is -2.12. The van der Waals surface area contributed by atoms with Gasteiger partial charge in [0.15, 0.2) is 0 Å². The van der Waals surface area contributed by atoms with Gasteiger partial charge in [0.1, 0.15) is 5.75 Å². The molecule has 5 heteroatoms. The summed E-state index contributed by atoms with van der Waals surface area (Å²) in [4.78, 5) is 0. The minimum atomic E-state index is 0.441. The normalized spacial score (nSPS) is 10.7. The van der Waals surface area contributed by atoms with Gasteiger partial charge in [-0.2, -0.15) is 5.10 Å². The van der Waals surface area contributed by atoms with Crippen LogP contribution < -0.4 is 10.1 Å². The van der Waals surface area contributed by atoms with E-state index in [-0.39, 0.29) is 0 Å². The van der Waals surface area contributed by atoms with E-state index in [2.05, 4.69) is 23.4 Å². The number of nitrogens with zero attached hydrogens (tertiary/aromatic N) is 2. The molecule has 0 amide bonds. The quantitative estimate of drug-likeness (QED) is 0.787. The van der Waals surface area contributed by atoms with E-state index in [0.717, 1.165) is 35.8 Å². The Morgan fingerprint density at radius 1 is 1.29 bits per heavy atom. The van der Waals surface area contributed by atoms with Crippen LogP contribution in [0.5, 0.6) is 5.75 Å². The largest absolute Gasteiger partial charge is 0.494 e. The number of aryl methyl sites for hydroxylation is 2. The maximum absolute atomic E-state index is 5.99. The summed E-state index contributed by atoms with van der Waals surface area (Å²) < 4.78 is 7.57. The molecule has 114 valence electrons. The second-order valence-electron chi connectivity index (χ2n) is 4.84. The first-order valence-electron chi connectivity index (χ1n) is 7.26. The molecule has 0 aliphatic heterocycles. The number of ether oxygens (including phenoxy) is 1. The average molecular weight is 308 g/mol. The van der Waals surface area contributed by atoms with Crippen molar-refractivity contribution in [2.45, 2.75) is 39.7 Å². The van der Waals surface area contributed by atoms with Crippen molar-refractivity contribution >= 4 is 17.3 Å². The zero-order chi connectivity index (χ0) is 15.2. The molecule has 0 saturated heterocycles. The zero-order valence-electron chi connectivity index (χ0n) is 12.8. The molecule has 0 bridgehead atoms. The van der Waals surface area contributed by atoms with Crippen LogP contribution in [0.25, 0.3) is 0 Å². The van der Waals surface area contributed by atoms with Crippen molar-refractivity contribution in [3.63, 3.8) is 0 Å². The molecule has 21 heavy (non-hydrogen) atoms. The first-order valence-corrected chi connectivity index (χ1v) is 7.80. The molecule has 2 aromatic rings. The second kappa shape index (κ2) is 7.36. The van der Waals surface area contributed by atoms with Crippen molar-refractivity contribution in [1.82, 2.24) is 9.78 Å². The Morgan fingerprint density at radius 2 is 2.10 bits per heavy atom. The molecule has 0 aliphatic rings. The Bertz CT molecular complexity index is 595. The van der Waals surface area contributed by atoms with Crippen molar-refractivity contribution in [1.29, 1.82) is 0 Å². The molecule has 0 aliphatic carbocycles. The van der Waals surface area contributed by atoms with Crippen LogP contribution in [0.4, 0.5) is 5.69 Å². The van der Waals surface area contributed by atoms with Crippen LogP contribution in [0.15, 0.2) is 24.3 Å². The number of hydrogen-bond donors (Lipinski definition) is 1. The third kappa shape index (κ3) is 3.91. The lowest BCUT2D eigenvalue weighted by atomic mass is 10.2. The van der Waals surface area contributed by atoms with E-state index in [1.165, 1.54) is 5.69 Å². The van der Waals surface area contributed by atoms with Gasteiger partial charge in [-0.25, -0.2) is 0 Å².